The van der Waals surface area contributed by atoms with Crippen molar-refractivity contribution in [2.75, 3.05) is 5.32 Å². The number of rotatable bonds is 6. The highest BCUT2D eigenvalue weighted by molar-refractivity contribution is 5.94. The molecule has 0 aliphatic rings. The van der Waals surface area contributed by atoms with Crippen LogP contribution in [0, 0.1) is 12.7 Å². The van der Waals surface area contributed by atoms with E-state index in [2.05, 4.69) is 5.32 Å². The molecule has 0 saturated carbocycles. The molecule has 0 heterocycles. The van der Waals surface area contributed by atoms with E-state index in [-0.39, 0.29) is 18.0 Å². The topological polar surface area (TPSA) is 92.4 Å². The number of primary amides is 1. The summed E-state index contributed by atoms with van der Waals surface area (Å²) in [5, 5.41) is 11.6. The molecule has 1 atom stereocenters. The molecule has 1 aromatic carbocycles. The number of hydrogen-bond acceptors (Lipinski definition) is 3. The molecule has 5 nitrogen and oxygen atoms in total. The number of carbonyl (C=O) groups is 2. The third-order valence-electron chi connectivity index (χ3n) is 2.82. The molecule has 4 N–H and O–H groups in total. The van der Waals surface area contributed by atoms with Crippen LogP contribution in [0.4, 0.5) is 10.1 Å². The molecular weight excluding hydrogens is 251 g/mol. The van der Waals surface area contributed by atoms with Crippen LogP contribution in [0.15, 0.2) is 12.1 Å². The molecule has 0 fully saturated rings. The Balaban J connectivity index is 2.87. The Hall–Kier alpha value is -2.11. The van der Waals surface area contributed by atoms with Crippen LogP contribution in [0.25, 0.3) is 0 Å². The Morgan fingerprint density at radius 1 is 1.47 bits per heavy atom. The minimum absolute atomic E-state index is 0.0191. The number of carboxylic acids is 1. The molecule has 0 saturated heterocycles. The zero-order valence-electron chi connectivity index (χ0n) is 10.9. The maximum atomic E-state index is 13.6. The van der Waals surface area contributed by atoms with Gasteiger partial charge >= 0.3 is 5.97 Å². The van der Waals surface area contributed by atoms with E-state index in [9.17, 15) is 14.0 Å². The summed E-state index contributed by atoms with van der Waals surface area (Å²) in [6.45, 7) is 3.36. The van der Waals surface area contributed by atoms with E-state index in [1.807, 2.05) is 0 Å². The van der Waals surface area contributed by atoms with Crippen molar-refractivity contribution in [3.8, 4) is 0 Å². The number of amides is 1. The SMILES string of the molecule is Cc1c(F)cc(C(N)=O)cc1NC(C)CCC(=O)O. The molecule has 0 radical (unpaired) electrons. The number of nitrogens with two attached hydrogens (primary N) is 1. The normalized spacial score (nSPS) is 11.9. The Morgan fingerprint density at radius 3 is 2.63 bits per heavy atom. The Kier molecular flexibility index (Phi) is 4.86. The Labute approximate surface area is 110 Å². The van der Waals surface area contributed by atoms with Crippen molar-refractivity contribution in [1.82, 2.24) is 0 Å². The van der Waals surface area contributed by atoms with Gasteiger partial charge in [0.25, 0.3) is 0 Å². The van der Waals surface area contributed by atoms with Gasteiger partial charge in [0.05, 0.1) is 0 Å². The van der Waals surface area contributed by atoms with E-state index in [1.54, 1.807) is 13.8 Å². The van der Waals surface area contributed by atoms with E-state index in [4.69, 9.17) is 10.8 Å². The summed E-state index contributed by atoms with van der Waals surface area (Å²) in [5.41, 5.74) is 6.02. The van der Waals surface area contributed by atoms with Gasteiger partial charge < -0.3 is 16.2 Å². The number of carbonyl (C=O) groups excluding carboxylic acids is 1. The molecule has 1 aromatic rings. The number of benzene rings is 1. The number of nitrogens with one attached hydrogen (secondary N) is 1. The second-order valence-electron chi connectivity index (χ2n) is 4.47. The van der Waals surface area contributed by atoms with E-state index in [0.717, 1.165) is 6.07 Å². The summed E-state index contributed by atoms with van der Waals surface area (Å²) >= 11 is 0. The average Bonchev–Trinajstić information content (AvgIpc) is 2.31. The smallest absolute Gasteiger partial charge is 0.303 e. The van der Waals surface area contributed by atoms with Crippen molar-refractivity contribution >= 4 is 17.6 Å². The first-order valence-corrected chi connectivity index (χ1v) is 5.89. The molecule has 0 aromatic heterocycles. The lowest BCUT2D eigenvalue weighted by Gasteiger charge is -2.17. The number of hydrogen-bond donors (Lipinski definition) is 3. The van der Waals surface area contributed by atoms with Crippen molar-refractivity contribution in [2.24, 2.45) is 5.73 Å². The van der Waals surface area contributed by atoms with Crippen LogP contribution < -0.4 is 11.1 Å². The number of aliphatic carboxylic acids is 1. The van der Waals surface area contributed by atoms with Gasteiger partial charge in [0, 0.05) is 29.3 Å². The molecule has 1 rings (SSSR count). The standard InChI is InChI=1S/C13H17FN2O3/c1-7(3-4-12(17)18)16-11-6-9(13(15)19)5-10(14)8(11)2/h5-7,16H,3-4H2,1-2H3,(H2,15,19)(H,17,18). The molecule has 1 unspecified atom stereocenters. The van der Waals surface area contributed by atoms with Crippen molar-refractivity contribution < 1.29 is 19.1 Å². The van der Waals surface area contributed by atoms with E-state index in [1.165, 1.54) is 6.07 Å². The van der Waals surface area contributed by atoms with Gasteiger partial charge in [0.2, 0.25) is 5.91 Å². The van der Waals surface area contributed by atoms with E-state index in [0.29, 0.717) is 17.7 Å². The summed E-state index contributed by atoms with van der Waals surface area (Å²) in [5.74, 6) is -2.12. The van der Waals surface area contributed by atoms with Gasteiger partial charge in [-0.2, -0.15) is 0 Å². The lowest BCUT2D eigenvalue weighted by atomic mass is 10.1. The van der Waals surface area contributed by atoms with Crippen molar-refractivity contribution in [3.05, 3.63) is 29.1 Å². The molecule has 0 bridgehead atoms. The quantitative estimate of drug-likeness (QED) is 0.734. The van der Waals surface area contributed by atoms with Crippen molar-refractivity contribution in [2.45, 2.75) is 32.7 Å². The van der Waals surface area contributed by atoms with Crippen molar-refractivity contribution in [1.29, 1.82) is 0 Å². The van der Waals surface area contributed by atoms with Crippen LogP contribution in [-0.2, 0) is 4.79 Å². The minimum Gasteiger partial charge on any atom is -0.481 e. The fourth-order valence-corrected chi connectivity index (χ4v) is 1.65. The summed E-state index contributed by atoms with van der Waals surface area (Å²) in [6.07, 6.45) is 0.419. The highest BCUT2D eigenvalue weighted by Crippen LogP contribution is 2.22. The zero-order valence-corrected chi connectivity index (χ0v) is 10.9. The molecule has 6 heteroatoms. The first-order valence-electron chi connectivity index (χ1n) is 5.89. The predicted molar refractivity (Wildman–Crippen MR) is 69.6 cm³/mol. The predicted octanol–water partition coefficient (Wildman–Crippen LogP) is 1.90. The molecule has 104 valence electrons. The van der Waals surface area contributed by atoms with Gasteiger partial charge in [-0.15, -0.1) is 0 Å². The highest BCUT2D eigenvalue weighted by Gasteiger charge is 2.12. The Bertz CT molecular complexity index is 503. The number of anilines is 1. The maximum absolute atomic E-state index is 13.6. The van der Waals surface area contributed by atoms with Crippen LogP contribution in [-0.4, -0.2) is 23.0 Å². The monoisotopic (exact) mass is 268 g/mol. The van der Waals surface area contributed by atoms with Crippen molar-refractivity contribution in [3.63, 3.8) is 0 Å². The van der Waals surface area contributed by atoms with Gasteiger partial charge in [-0.1, -0.05) is 0 Å². The van der Waals surface area contributed by atoms with Crippen LogP contribution in [0.5, 0.6) is 0 Å². The molecule has 0 aliphatic carbocycles. The lowest BCUT2D eigenvalue weighted by molar-refractivity contribution is -0.137. The zero-order chi connectivity index (χ0) is 14.6. The van der Waals surface area contributed by atoms with Crippen LogP contribution >= 0.6 is 0 Å². The van der Waals surface area contributed by atoms with Crippen LogP contribution in [0.1, 0.15) is 35.7 Å². The summed E-state index contributed by atoms with van der Waals surface area (Å²) in [4.78, 5) is 21.5. The fourth-order valence-electron chi connectivity index (χ4n) is 1.65. The summed E-state index contributed by atoms with van der Waals surface area (Å²) in [6, 6.07) is 2.40. The maximum Gasteiger partial charge on any atom is 0.303 e. The summed E-state index contributed by atoms with van der Waals surface area (Å²) < 4.78 is 13.6. The fraction of sp³-hybridized carbons (Fsp3) is 0.385. The van der Waals surface area contributed by atoms with Crippen LogP contribution in [0.3, 0.4) is 0 Å². The van der Waals surface area contributed by atoms with E-state index >= 15 is 0 Å². The van der Waals surface area contributed by atoms with Gasteiger partial charge in [0.15, 0.2) is 0 Å². The number of halogens is 1. The van der Waals surface area contributed by atoms with E-state index < -0.39 is 17.7 Å². The molecular formula is C13H17FN2O3. The first-order chi connectivity index (χ1) is 8.81. The summed E-state index contributed by atoms with van der Waals surface area (Å²) in [7, 11) is 0. The van der Waals surface area contributed by atoms with Gasteiger partial charge in [-0.3, -0.25) is 9.59 Å². The highest BCUT2D eigenvalue weighted by atomic mass is 19.1. The first kappa shape index (κ1) is 14.9. The van der Waals surface area contributed by atoms with Crippen LogP contribution in [0.2, 0.25) is 0 Å². The molecule has 1 amide bonds. The molecule has 19 heavy (non-hydrogen) atoms. The second-order valence-corrected chi connectivity index (χ2v) is 4.47. The average molecular weight is 268 g/mol. The largest absolute Gasteiger partial charge is 0.481 e. The molecule has 0 spiro atoms. The third kappa shape index (κ3) is 4.24. The second kappa shape index (κ2) is 6.17. The minimum atomic E-state index is -0.887. The van der Waals surface area contributed by atoms with Gasteiger partial charge in [-0.05, 0) is 32.4 Å². The van der Waals surface area contributed by atoms with Gasteiger partial charge in [-0.25, -0.2) is 4.39 Å². The third-order valence-corrected chi connectivity index (χ3v) is 2.82. The number of carboxylic acid groups (broad SMARTS) is 1. The Morgan fingerprint density at radius 2 is 2.11 bits per heavy atom. The molecule has 0 aliphatic heterocycles. The van der Waals surface area contributed by atoms with Gasteiger partial charge in [0.1, 0.15) is 5.82 Å². The lowest BCUT2D eigenvalue weighted by Crippen LogP contribution is -2.19.